The average Bonchev–Trinajstić information content (AvgIpc) is 2.70. The number of benzene rings is 1. The maximum Gasteiger partial charge on any atom is 0.136 e. The minimum Gasteiger partial charge on any atom is -0.299 e. The van der Waals surface area contributed by atoms with Crippen molar-refractivity contribution in [2.45, 2.75) is 25.7 Å². The van der Waals surface area contributed by atoms with Gasteiger partial charge in [-0.1, -0.05) is 25.1 Å². The summed E-state index contributed by atoms with van der Waals surface area (Å²) in [6.07, 6.45) is 3.63. The van der Waals surface area contributed by atoms with Crippen LogP contribution in [0.2, 0.25) is 0 Å². The lowest BCUT2D eigenvalue weighted by Crippen LogP contribution is -2.09. The lowest BCUT2D eigenvalue weighted by atomic mass is 9.90. The van der Waals surface area contributed by atoms with E-state index in [2.05, 4.69) is 17.1 Å². The maximum absolute atomic E-state index is 11.6. The van der Waals surface area contributed by atoms with E-state index in [1.54, 1.807) is 0 Å². The molecule has 86 valence electrons. The number of fused-ring (bicyclic) bond motifs is 1. The van der Waals surface area contributed by atoms with Crippen molar-refractivity contribution >= 4 is 16.7 Å². The molecule has 1 aromatic carbocycles. The molecule has 3 rings (SSSR count). The summed E-state index contributed by atoms with van der Waals surface area (Å²) >= 11 is 0. The third-order valence-electron chi connectivity index (χ3n) is 3.85. The Morgan fingerprint density at radius 3 is 2.88 bits per heavy atom. The van der Waals surface area contributed by atoms with Gasteiger partial charge in [-0.25, -0.2) is 0 Å². The summed E-state index contributed by atoms with van der Waals surface area (Å²) in [7, 11) is 0. The van der Waals surface area contributed by atoms with Crippen LogP contribution in [0.1, 0.15) is 31.2 Å². The van der Waals surface area contributed by atoms with Crippen LogP contribution in [-0.2, 0) is 4.79 Å². The minimum absolute atomic E-state index is 0.151. The van der Waals surface area contributed by atoms with Gasteiger partial charge in [0, 0.05) is 23.9 Å². The Morgan fingerprint density at radius 2 is 2.12 bits per heavy atom. The molecule has 0 radical (unpaired) electrons. The number of Topliss-reactive ketones (excluding diaryl/α,β-unsaturated/α-hetero) is 1. The smallest absolute Gasteiger partial charge is 0.136 e. The molecular formula is C15H15NO. The van der Waals surface area contributed by atoms with Crippen LogP contribution in [0.25, 0.3) is 10.9 Å². The minimum atomic E-state index is 0.151. The number of carbonyl (C=O) groups excluding carboxylic acids is 1. The second-order valence-electron chi connectivity index (χ2n) is 4.86. The fraction of sp³-hybridized carbons (Fsp3) is 0.333. The second kappa shape index (κ2) is 3.95. The van der Waals surface area contributed by atoms with Crippen molar-refractivity contribution in [2.24, 2.45) is 5.92 Å². The molecule has 1 aliphatic rings. The van der Waals surface area contributed by atoms with Gasteiger partial charge in [0.15, 0.2) is 0 Å². The van der Waals surface area contributed by atoms with Crippen molar-refractivity contribution in [3.05, 3.63) is 42.1 Å². The Bertz CT molecular complexity index is 576. The summed E-state index contributed by atoms with van der Waals surface area (Å²) in [4.78, 5) is 16.1. The zero-order valence-corrected chi connectivity index (χ0v) is 9.89. The fourth-order valence-corrected chi connectivity index (χ4v) is 2.75. The van der Waals surface area contributed by atoms with Crippen molar-refractivity contribution in [1.29, 1.82) is 0 Å². The molecule has 1 aromatic heterocycles. The van der Waals surface area contributed by atoms with Gasteiger partial charge in [-0.05, 0) is 30.0 Å². The Balaban J connectivity index is 2.04. The molecular weight excluding hydrogens is 210 g/mol. The summed E-state index contributed by atoms with van der Waals surface area (Å²) < 4.78 is 0. The summed E-state index contributed by atoms with van der Waals surface area (Å²) in [5.74, 6) is 0.903. The van der Waals surface area contributed by atoms with Crippen molar-refractivity contribution < 1.29 is 4.79 Å². The summed E-state index contributed by atoms with van der Waals surface area (Å²) in [6.45, 7) is 2.04. The first-order valence-corrected chi connectivity index (χ1v) is 6.13. The zero-order chi connectivity index (χ0) is 11.8. The molecule has 17 heavy (non-hydrogen) atoms. The molecule has 0 saturated heterocycles. The zero-order valence-electron chi connectivity index (χ0n) is 9.89. The van der Waals surface area contributed by atoms with Gasteiger partial charge in [0.25, 0.3) is 0 Å². The van der Waals surface area contributed by atoms with Gasteiger partial charge >= 0.3 is 0 Å². The molecule has 2 unspecified atom stereocenters. The molecule has 2 heteroatoms. The Labute approximate surface area is 101 Å². The lowest BCUT2D eigenvalue weighted by Gasteiger charge is -2.14. The van der Waals surface area contributed by atoms with E-state index in [0.717, 1.165) is 23.7 Å². The first kappa shape index (κ1) is 10.5. The van der Waals surface area contributed by atoms with Crippen molar-refractivity contribution in [3.8, 4) is 0 Å². The van der Waals surface area contributed by atoms with E-state index < -0.39 is 0 Å². The predicted octanol–water partition coefficient (Wildman–Crippen LogP) is 3.32. The number of hydrogen-bond acceptors (Lipinski definition) is 2. The van der Waals surface area contributed by atoms with Gasteiger partial charge in [-0.15, -0.1) is 0 Å². The normalized spacial score (nSPS) is 24.4. The number of hydrogen-bond donors (Lipinski definition) is 0. The molecule has 0 bridgehead atoms. The summed E-state index contributed by atoms with van der Waals surface area (Å²) in [5, 5.41) is 1.16. The van der Waals surface area contributed by atoms with Gasteiger partial charge in [-0.2, -0.15) is 0 Å². The average molecular weight is 225 g/mol. The summed E-state index contributed by atoms with van der Waals surface area (Å²) in [5.41, 5.74) is 2.23. The van der Waals surface area contributed by atoms with Crippen LogP contribution in [-0.4, -0.2) is 10.8 Å². The number of pyridine rings is 1. The molecule has 1 fully saturated rings. The Morgan fingerprint density at radius 1 is 1.29 bits per heavy atom. The van der Waals surface area contributed by atoms with E-state index in [-0.39, 0.29) is 5.92 Å². The highest BCUT2D eigenvalue weighted by Gasteiger charge is 2.32. The first-order valence-electron chi connectivity index (χ1n) is 6.13. The third kappa shape index (κ3) is 1.74. The van der Waals surface area contributed by atoms with Crippen LogP contribution in [0.5, 0.6) is 0 Å². The van der Waals surface area contributed by atoms with Crippen LogP contribution in [0.15, 0.2) is 36.5 Å². The number of rotatable bonds is 1. The molecule has 1 aliphatic carbocycles. The summed E-state index contributed by atoms with van der Waals surface area (Å²) in [6, 6.07) is 10.3. The topological polar surface area (TPSA) is 30.0 Å². The van der Waals surface area contributed by atoms with Gasteiger partial charge < -0.3 is 0 Å². The van der Waals surface area contributed by atoms with Gasteiger partial charge in [0.1, 0.15) is 5.78 Å². The van der Waals surface area contributed by atoms with E-state index in [4.69, 9.17) is 0 Å². The molecule has 2 aromatic rings. The van der Waals surface area contributed by atoms with Crippen LogP contribution < -0.4 is 0 Å². The molecule has 0 amide bonds. The quantitative estimate of drug-likeness (QED) is 0.745. The van der Waals surface area contributed by atoms with Crippen molar-refractivity contribution in [1.82, 2.24) is 4.98 Å². The number of nitrogens with zero attached hydrogens (tertiary/aromatic N) is 1. The Hall–Kier alpha value is -1.70. The van der Waals surface area contributed by atoms with Crippen molar-refractivity contribution in [2.75, 3.05) is 0 Å². The molecule has 0 spiro atoms. The highest BCUT2D eigenvalue weighted by molar-refractivity contribution is 5.85. The molecule has 0 aliphatic heterocycles. The van der Waals surface area contributed by atoms with Crippen LogP contribution in [0.3, 0.4) is 0 Å². The highest BCUT2D eigenvalue weighted by Crippen LogP contribution is 2.37. The van der Waals surface area contributed by atoms with Crippen molar-refractivity contribution in [3.63, 3.8) is 0 Å². The number of ketones is 1. The van der Waals surface area contributed by atoms with Gasteiger partial charge in [0.05, 0.1) is 5.52 Å². The lowest BCUT2D eigenvalue weighted by molar-refractivity contribution is -0.120. The van der Waals surface area contributed by atoms with Gasteiger partial charge in [0.2, 0.25) is 0 Å². The van der Waals surface area contributed by atoms with E-state index in [0.29, 0.717) is 11.7 Å². The maximum atomic E-state index is 11.6. The standard InChI is InChI=1S/C15H15NO/c1-10-13(6-7-15(10)17)12-8-11-4-2-3-5-14(11)16-9-12/h2-5,8-10,13H,6-7H2,1H3. The molecule has 2 nitrogen and oxygen atoms in total. The highest BCUT2D eigenvalue weighted by atomic mass is 16.1. The molecule has 2 atom stereocenters. The molecule has 1 heterocycles. The van der Waals surface area contributed by atoms with E-state index in [1.165, 1.54) is 5.56 Å². The monoisotopic (exact) mass is 225 g/mol. The van der Waals surface area contributed by atoms with E-state index in [9.17, 15) is 4.79 Å². The predicted molar refractivity (Wildman–Crippen MR) is 67.9 cm³/mol. The SMILES string of the molecule is CC1C(=O)CCC1c1cnc2ccccc2c1. The molecule has 0 N–H and O–H groups in total. The number of para-hydroxylation sites is 1. The van der Waals surface area contributed by atoms with Crippen LogP contribution in [0, 0.1) is 5.92 Å². The molecule has 1 saturated carbocycles. The van der Waals surface area contributed by atoms with E-state index in [1.807, 2.05) is 31.3 Å². The van der Waals surface area contributed by atoms with E-state index >= 15 is 0 Å². The van der Waals surface area contributed by atoms with Crippen LogP contribution >= 0.6 is 0 Å². The van der Waals surface area contributed by atoms with Crippen LogP contribution in [0.4, 0.5) is 0 Å². The second-order valence-corrected chi connectivity index (χ2v) is 4.86. The largest absolute Gasteiger partial charge is 0.299 e. The number of aromatic nitrogens is 1. The fourth-order valence-electron chi connectivity index (χ4n) is 2.75. The van der Waals surface area contributed by atoms with Gasteiger partial charge in [-0.3, -0.25) is 9.78 Å². The Kier molecular flexibility index (Phi) is 2.43. The first-order chi connectivity index (χ1) is 8.25. The third-order valence-corrected chi connectivity index (χ3v) is 3.85. The number of carbonyl (C=O) groups is 1.